The van der Waals surface area contributed by atoms with Crippen LogP contribution in [-0.2, 0) is 17.4 Å². The molecule has 1 saturated heterocycles. The molecule has 0 atom stereocenters. The van der Waals surface area contributed by atoms with Crippen LogP contribution in [0.1, 0.15) is 30.9 Å². The number of carbonyl (C=O) groups excluding carboxylic acids is 1. The van der Waals surface area contributed by atoms with Gasteiger partial charge in [0.05, 0.1) is 37.7 Å². The number of halogens is 3. The van der Waals surface area contributed by atoms with Crippen LogP contribution in [0.25, 0.3) is 16.9 Å². The molecule has 0 saturated carbocycles. The van der Waals surface area contributed by atoms with E-state index < -0.39 is 17.3 Å². The molecule has 0 bridgehead atoms. The van der Waals surface area contributed by atoms with Crippen molar-refractivity contribution in [2.75, 3.05) is 50.2 Å². The van der Waals surface area contributed by atoms with Gasteiger partial charge in [0.1, 0.15) is 23.0 Å². The summed E-state index contributed by atoms with van der Waals surface area (Å²) in [6.45, 7) is 3.18. The van der Waals surface area contributed by atoms with Crippen molar-refractivity contribution in [3.05, 3.63) is 57.9 Å². The quantitative estimate of drug-likeness (QED) is 0.436. The number of methoxy groups -OCH3 is 2. The van der Waals surface area contributed by atoms with Gasteiger partial charge in [-0.1, -0.05) is 0 Å². The Kier molecular flexibility index (Phi) is 7.00. The number of aromatic nitrogens is 2. The molecule has 0 N–H and O–H groups in total. The Hall–Kier alpha value is -4.02. The number of rotatable bonds is 7. The summed E-state index contributed by atoms with van der Waals surface area (Å²) in [6, 6.07) is 8.88. The highest BCUT2D eigenvalue weighted by atomic mass is 19.4. The molecular weight excluding hydrogens is 513 g/mol. The largest absolute Gasteiger partial charge is 0.497 e. The van der Waals surface area contributed by atoms with Crippen LogP contribution < -0.4 is 24.8 Å². The first-order chi connectivity index (χ1) is 18.6. The molecule has 39 heavy (non-hydrogen) atoms. The Balaban J connectivity index is 1.81. The smallest absolute Gasteiger partial charge is 0.418 e. The second kappa shape index (κ2) is 10.3. The zero-order valence-corrected chi connectivity index (χ0v) is 22.0. The Morgan fingerprint density at radius 2 is 1.67 bits per heavy atom. The highest BCUT2D eigenvalue weighted by Crippen LogP contribution is 2.39. The summed E-state index contributed by atoms with van der Waals surface area (Å²) in [5, 5.41) is 4.55. The van der Waals surface area contributed by atoms with Crippen LogP contribution in [-0.4, -0.2) is 56.0 Å². The first kappa shape index (κ1) is 26.6. The second-order valence-corrected chi connectivity index (χ2v) is 9.76. The minimum atomic E-state index is -4.72. The van der Waals surface area contributed by atoms with Gasteiger partial charge < -0.3 is 19.3 Å². The van der Waals surface area contributed by atoms with Gasteiger partial charge in [-0.3, -0.25) is 9.59 Å². The molecule has 11 heteroatoms. The average Bonchev–Trinajstić information content (AvgIpc) is 3.58. The number of nitrogens with zero attached hydrogens (tertiary/aromatic N) is 4. The van der Waals surface area contributed by atoms with Crippen LogP contribution in [0.2, 0.25) is 0 Å². The van der Waals surface area contributed by atoms with Gasteiger partial charge in [-0.2, -0.15) is 23.0 Å². The fraction of sp³-hybridized carbons (Fsp3) is 0.393. The maximum atomic E-state index is 14.3. The lowest BCUT2D eigenvalue weighted by molar-refractivity contribution is -0.137. The number of ketones is 1. The van der Waals surface area contributed by atoms with Crippen LogP contribution in [0.4, 0.5) is 24.5 Å². The summed E-state index contributed by atoms with van der Waals surface area (Å²) < 4.78 is 54.5. The Bertz CT molecular complexity index is 1460. The Labute approximate surface area is 223 Å². The lowest BCUT2D eigenvalue weighted by Crippen LogP contribution is -2.34. The first-order valence-corrected chi connectivity index (χ1v) is 12.7. The third-order valence-electron chi connectivity index (χ3n) is 7.14. The predicted octanol–water partition coefficient (Wildman–Crippen LogP) is 4.49. The molecule has 2 aliphatic rings. The molecule has 2 aromatic carbocycles. The van der Waals surface area contributed by atoms with Crippen LogP contribution in [0, 0.1) is 0 Å². The fourth-order valence-corrected chi connectivity index (χ4v) is 5.34. The van der Waals surface area contributed by atoms with E-state index in [-0.39, 0.29) is 23.7 Å². The molecule has 0 radical (unpaired) electrons. The van der Waals surface area contributed by atoms with Crippen molar-refractivity contribution in [3.63, 3.8) is 0 Å². The van der Waals surface area contributed by atoms with E-state index in [0.29, 0.717) is 47.0 Å². The zero-order valence-electron chi connectivity index (χ0n) is 22.0. The second-order valence-electron chi connectivity index (χ2n) is 9.76. The van der Waals surface area contributed by atoms with Gasteiger partial charge in [0.2, 0.25) is 0 Å². The van der Waals surface area contributed by atoms with Crippen molar-refractivity contribution in [1.29, 1.82) is 0 Å². The molecular formula is C28H29F3N4O4. The number of anilines is 2. The monoisotopic (exact) mass is 542 g/mol. The summed E-state index contributed by atoms with van der Waals surface area (Å²) in [5.41, 5.74) is 0.156. The van der Waals surface area contributed by atoms with Gasteiger partial charge in [-0.25, -0.2) is 0 Å². The van der Waals surface area contributed by atoms with E-state index in [4.69, 9.17) is 9.47 Å². The minimum absolute atomic E-state index is 0.0347. The molecule has 0 amide bonds. The van der Waals surface area contributed by atoms with Crippen molar-refractivity contribution in [1.82, 2.24) is 9.78 Å². The molecule has 1 aromatic heterocycles. The fourth-order valence-electron chi connectivity index (χ4n) is 5.34. The predicted molar refractivity (Wildman–Crippen MR) is 141 cm³/mol. The lowest BCUT2D eigenvalue weighted by atomic mass is 10.0. The van der Waals surface area contributed by atoms with Crippen molar-refractivity contribution in [2.24, 2.45) is 0 Å². The number of hydrogen-bond donors (Lipinski definition) is 0. The molecule has 2 aliphatic heterocycles. The van der Waals surface area contributed by atoms with E-state index >= 15 is 0 Å². The van der Waals surface area contributed by atoms with Gasteiger partial charge >= 0.3 is 6.18 Å². The van der Waals surface area contributed by atoms with Gasteiger partial charge in [0.25, 0.3) is 5.56 Å². The normalized spacial score (nSPS) is 15.0. The number of ether oxygens (including phenoxy) is 2. The van der Waals surface area contributed by atoms with Gasteiger partial charge in [-0.05, 0) is 56.5 Å². The Morgan fingerprint density at radius 1 is 1.00 bits per heavy atom. The first-order valence-electron chi connectivity index (χ1n) is 12.7. The minimum Gasteiger partial charge on any atom is -0.497 e. The maximum absolute atomic E-state index is 14.3. The van der Waals surface area contributed by atoms with E-state index in [1.807, 2.05) is 4.90 Å². The van der Waals surface area contributed by atoms with Crippen LogP contribution in [0.15, 0.2) is 41.2 Å². The van der Waals surface area contributed by atoms with Crippen molar-refractivity contribution in [2.45, 2.75) is 32.4 Å². The van der Waals surface area contributed by atoms with Gasteiger partial charge in [0, 0.05) is 42.5 Å². The SMILES string of the molecule is COc1cc(OC)cc(-c2nn(-c3cc(N4CCCC4)ccc3C(F)(F)F)c(=O)c3c2CCN3CC(C)=O)c1. The summed E-state index contributed by atoms with van der Waals surface area (Å²) >= 11 is 0. The summed E-state index contributed by atoms with van der Waals surface area (Å²) in [6.07, 6.45) is -2.44. The number of alkyl halides is 3. The van der Waals surface area contributed by atoms with Gasteiger partial charge in [-0.15, -0.1) is 0 Å². The number of carbonyl (C=O) groups is 1. The zero-order chi connectivity index (χ0) is 27.9. The van der Waals surface area contributed by atoms with Gasteiger partial charge in [0.15, 0.2) is 0 Å². The topological polar surface area (TPSA) is 76.9 Å². The third-order valence-corrected chi connectivity index (χ3v) is 7.14. The molecule has 8 nitrogen and oxygen atoms in total. The van der Waals surface area contributed by atoms with E-state index in [2.05, 4.69) is 5.10 Å². The summed E-state index contributed by atoms with van der Waals surface area (Å²) in [5.74, 6) is 0.758. The summed E-state index contributed by atoms with van der Waals surface area (Å²) in [7, 11) is 2.98. The van der Waals surface area contributed by atoms with E-state index in [1.165, 1.54) is 33.3 Å². The van der Waals surface area contributed by atoms with Crippen molar-refractivity contribution in [3.8, 4) is 28.4 Å². The van der Waals surface area contributed by atoms with E-state index in [9.17, 15) is 22.8 Å². The Morgan fingerprint density at radius 3 is 2.26 bits per heavy atom. The standard InChI is InChI=1S/C28H29F3N4O4/c1-17(36)16-34-11-8-22-25(18-12-20(38-2)15-21(13-18)39-3)32-35(27(37)26(22)34)24-14-19(33-9-4-5-10-33)6-7-23(24)28(29,30)31/h6-7,12-15H,4-5,8-11,16H2,1-3H3. The molecule has 5 rings (SSSR count). The highest BCUT2D eigenvalue weighted by molar-refractivity contribution is 5.83. The lowest BCUT2D eigenvalue weighted by Gasteiger charge is -2.23. The molecule has 206 valence electrons. The molecule has 0 spiro atoms. The number of fused-ring (bicyclic) bond motifs is 1. The molecule has 0 unspecified atom stereocenters. The molecule has 3 heterocycles. The van der Waals surface area contributed by atoms with Crippen LogP contribution in [0.5, 0.6) is 11.5 Å². The molecule has 1 fully saturated rings. The average molecular weight is 543 g/mol. The van der Waals surface area contributed by atoms with Crippen LogP contribution in [0.3, 0.4) is 0 Å². The molecule has 0 aliphatic carbocycles. The van der Waals surface area contributed by atoms with Crippen molar-refractivity contribution >= 4 is 17.2 Å². The molecule has 3 aromatic rings. The van der Waals surface area contributed by atoms with Crippen LogP contribution >= 0.6 is 0 Å². The number of hydrogen-bond acceptors (Lipinski definition) is 7. The highest BCUT2D eigenvalue weighted by Gasteiger charge is 2.37. The maximum Gasteiger partial charge on any atom is 0.418 e. The number of benzene rings is 2. The van der Waals surface area contributed by atoms with Crippen molar-refractivity contribution < 1.29 is 27.4 Å². The van der Waals surface area contributed by atoms with E-state index in [0.717, 1.165) is 36.7 Å². The number of Topliss-reactive ketones (excluding diaryl/α,β-unsaturated/α-hetero) is 1. The van der Waals surface area contributed by atoms with E-state index in [1.54, 1.807) is 23.1 Å². The summed E-state index contributed by atoms with van der Waals surface area (Å²) in [4.78, 5) is 29.6. The third kappa shape index (κ3) is 5.05.